The summed E-state index contributed by atoms with van der Waals surface area (Å²) in [5.41, 5.74) is 3.50. The monoisotopic (exact) mass is 523 g/mol. The Morgan fingerprint density at radius 1 is 0.789 bits per heavy atom. The molecule has 0 bridgehead atoms. The summed E-state index contributed by atoms with van der Waals surface area (Å²) in [6, 6.07) is 27.7. The number of carbonyl (C=O) groups excluding carboxylic acids is 2. The lowest BCUT2D eigenvalue weighted by Crippen LogP contribution is -2.70. The quantitative estimate of drug-likeness (QED) is 0.337. The lowest BCUT2D eigenvalue weighted by atomic mass is 9.95. The largest absolute Gasteiger partial charge is 0.326 e. The minimum Gasteiger partial charge on any atom is -0.326 e. The summed E-state index contributed by atoms with van der Waals surface area (Å²) < 4.78 is 1.32. The molecule has 0 spiro atoms. The highest BCUT2D eigenvalue weighted by Crippen LogP contribution is 2.34. The maximum atomic E-state index is 14.1. The van der Waals surface area contributed by atoms with Crippen molar-refractivity contribution < 1.29 is 9.59 Å². The predicted molar refractivity (Wildman–Crippen MR) is 153 cm³/mol. The zero-order chi connectivity index (χ0) is 26.1. The normalized spacial score (nSPS) is 20.2. The molecule has 0 radical (unpaired) electrons. The number of amides is 2. The summed E-state index contributed by atoms with van der Waals surface area (Å²) in [4.78, 5) is 35.5. The third kappa shape index (κ3) is 4.74. The van der Waals surface area contributed by atoms with Crippen molar-refractivity contribution in [2.75, 3.05) is 19.6 Å². The molecule has 2 unspecified atom stereocenters. The number of benzene rings is 3. The van der Waals surface area contributed by atoms with Gasteiger partial charge in [0.05, 0.1) is 0 Å². The zero-order valence-electron chi connectivity index (χ0n) is 21.8. The summed E-state index contributed by atoms with van der Waals surface area (Å²) in [5.74, 6) is 0.134. The zero-order valence-corrected chi connectivity index (χ0v) is 22.6. The van der Waals surface area contributed by atoms with Gasteiger partial charge in [-0.1, -0.05) is 85.8 Å². The summed E-state index contributed by atoms with van der Waals surface area (Å²) >= 11 is 1.87. The number of nitrogens with zero attached hydrogens (tertiary/aromatic N) is 3. The van der Waals surface area contributed by atoms with Gasteiger partial charge in [-0.05, 0) is 34.6 Å². The van der Waals surface area contributed by atoms with Crippen molar-refractivity contribution in [3.05, 3.63) is 106 Å². The molecule has 2 saturated heterocycles. The summed E-state index contributed by atoms with van der Waals surface area (Å²) in [6.45, 7) is 5.40. The number of aryl methyl sites for hydroxylation is 1. The van der Waals surface area contributed by atoms with Gasteiger partial charge in [0, 0.05) is 48.7 Å². The van der Waals surface area contributed by atoms with E-state index < -0.39 is 12.1 Å². The molecule has 4 aromatic rings. The highest BCUT2D eigenvalue weighted by atomic mass is 32.1. The van der Waals surface area contributed by atoms with Crippen LogP contribution in [0.4, 0.5) is 0 Å². The van der Waals surface area contributed by atoms with Crippen molar-refractivity contribution in [2.24, 2.45) is 0 Å². The van der Waals surface area contributed by atoms with E-state index in [1.807, 2.05) is 81.8 Å². The second-order valence-electron chi connectivity index (χ2n) is 10.3. The molecule has 194 valence electrons. The van der Waals surface area contributed by atoms with Gasteiger partial charge in [-0.25, -0.2) is 0 Å². The van der Waals surface area contributed by atoms with E-state index >= 15 is 0 Å². The lowest BCUT2D eigenvalue weighted by Gasteiger charge is -2.49. The predicted octanol–water partition coefficient (Wildman–Crippen LogP) is 5.13. The molecular formula is C32H33N3O2S. The number of thiophene rings is 1. The second kappa shape index (κ2) is 10.7. The number of rotatable bonds is 7. The number of fused-ring (bicyclic) bond motifs is 2. The van der Waals surface area contributed by atoms with Gasteiger partial charge < -0.3 is 9.80 Å². The van der Waals surface area contributed by atoms with Crippen LogP contribution in [0.25, 0.3) is 10.1 Å². The van der Waals surface area contributed by atoms with E-state index in [-0.39, 0.29) is 11.8 Å². The second-order valence-corrected chi connectivity index (χ2v) is 11.4. The molecule has 2 amide bonds. The van der Waals surface area contributed by atoms with Crippen LogP contribution < -0.4 is 0 Å². The van der Waals surface area contributed by atoms with Crippen LogP contribution in [0, 0.1) is 0 Å². The van der Waals surface area contributed by atoms with E-state index in [0.717, 1.165) is 30.6 Å². The van der Waals surface area contributed by atoms with Crippen molar-refractivity contribution in [1.82, 2.24) is 14.7 Å². The van der Waals surface area contributed by atoms with Gasteiger partial charge in [0.2, 0.25) is 11.8 Å². The molecule has 2 aliphatic heterocycles. The Kier molecular flexibility index (Phi) is 7.00. The van der Waals surface area contributed by atoms with Crippen LogP contribution in [-0.4, -0.2) is 58.2 Å². The first-order chi connectivity index (χ1) is 18.6. The molecule has 3 aromatic carbocycles. The van der Waals surface area contributed by atoms with E-state index in [9.17, 15) is 9.59 Å². The fourth-order valence-electron chi connectivity index (χ4n) is 5.96. The van der Waals surface area contributed by atoms with Crippen molar-refractivity contribution in [2.45, 2.75) is 44.9 Å². The summed E-state index contributed by atoms with van der Waals surface area (Å²) in [7, 11) is 0. The molecule has 6 rings (SSSR count). The number of hydrogen-bond donors (Lipinski definition) is 0. The van der Waals surface area contributed by atoms with Gasteiger partial charge in [-0.15, -0.1) is 11.3 Å². The van der Waals surface area contributed by atoms with Gasteiger partial charge in [0.25, 0.3) is 0 Å². The Morgan fingerprint density at radius 2 is 1.47 bits per heavy atom. The molecule has 0 aliphatic carbocycles. The topological polar surface area (TPSA) is 43.9 Å². The van der Waals surface area contributed by atoms with E-state index in [2.05, 4.69) is 36.1 Å². The molecule has 0 saturated carbocycles. The smallest absolute Gasteiger partial charge is 0.247 e. The van der Waals surface area contributed by atoms with Gasteiger partial charge in [-0.3, -0.25) is 14.5 Å². The van der Waals surface area contributed by atoms with Gasteiger partial charge in [0.1, 0.15) is 12.1 Å². The van der Waals surface area contributed by atoms with E-state index in [0.29, 0.717) is 26.1 Å². The van der Waals surface area contributed by atoms with Crippen LogP contribution in [-0.2, 0) is 35.5 Å². The number of carbonyl (C=O) groups is 2. The van der Waals surface area contributed by atoms with E-state index in [4.69, 9.17) is 0 Å². The van der Waals surface area contributed by atoms with Crippen molar-refractivity contribution in [3.63, 3.8) is 0 Å². The maximum Gasteiger partial charge on any atom is 0.247 e. The molecular weight excluding hydrogens is 490 g/mol. The standard InChI is InChI=1S/C32H33N3O2S/c1-2-29-26(25-15-9-10-16-30(25)38-29)21-33-17-18-34-28(22-33)32(37)35(20-24-13-7-4-8-14-24)27(31(34)36)19-23-11-5-3-6-12-23/h3-16,27-28H,2,17-22H2,1H3. The minimum atomic E-state index is -0.486. The Bertz CT molecular complexity index is 1440. The Labute approximate surface area is 228 Å². The molecule has 2 atom stereocenters. The van der Waals surface area contributed by atoms with Crippen LogP contribution in [0.3, 0.4) is 0 Å². The summed E-state index contributed by atoms with van der Waals surface area (Å²) in [5, 5.41) is 1.32. The summed E-state index contributed by atoms with van der Waals surface area (Å²) in [6.07, 6.45) is 1.54. The molecule has 0 N–H and O–H groups in total. The van der Waals surface area contributed by atoms with Crippen molar-refractivity contribution in [3.8, 4) is 0 Å². The van der Waals surface area contributed by atoms with Crippen LogP contribution in [0.1, 0.15) is 28.5 Å². The fourth-order valence-corrected chi connectivity index (χ4v) is 7.12. The van der Waals surface area contributed by atoms with Gasteiger partial charge >= 0.3 is 0 Å². The molecule has 1 aromatic heterocycles. The molecule has 6 heteroatoms. The Hall–Kier alpha value is -3.48. The molecule has 3 heterocycles. The van der Waals surface area contributed by atoms with Gasteiger partial charge in [-0.2, -0.15) is 0 Å². The molecule has 5 nitrogen and oxygen atoms in total. The SMILES string of the molecule is CCc1sc2ccccc2c1CN1CCN2C(=O)C(Cc3ccccc3)N(Cc3ccccc3)C(=O)C2C1. The fraction of sp³-hybridized carbons (Fsp3) is 0.312. The van der Waals surface area contributed by atoms with Crippen molar-refractivity contribution >= 4 is 33.2 Å². The number of hydrogen-bond acceptors (Lipinski definition) is 4. The molecule has 2 fully saturated rings. The molecule has 2 aliphatic rings. The van der Waals surface area contributed by atoms with E-state index in [1.165, 1.54) is 20.5 Å². The first kappa shape index (κ1) is 24.8. The third-order valence-corrected chi connectivity index (χ3v) is 9.29. The Balaban J connectivity index is 1.27. The minimum absolute atomic E-state index is 0.0602. The third-order valence-electron chi connectivity index (χ3n) is 7.93. The van der Waals surface area contributed by atoms with Crippen molar-refractivity contribution in [1.29, 1.82) is 0 Å². The highest BCUT2D eigenvalue weighted by molar-refractivity contribution is 7.19. The van der Waals surface area contributed by atoms with Crippen LogP contribution in [0.5, 0.6) is 0 Å². The lowest BCUT2D eigenvalue weighted by molar-refractivity contribution is -0.166. The van der Waals surface area contributed by atoms with Crippen LogP contribution in [0.2, 0.25) is 0 Å². The number of piperazine rings is 2. The first-order valence-corrected chi connectivity index (χ1v) is 14.3. The van der Waals surface area contributed by atoms with E-state index in [1.54, 1.807) is 0 Å². The average molecular weight is 524 g/mol. The maximum absolute atomic E-state index is 14.1. The highest BCUT2D eigenvalue weighted by Gasteiger charge is 2.47. The Morgan fingerprint density at radius 3 is 2.21 bits per heavy atom. The van der Waals surface area contributed by atoms with Crippen LogP contribution in [0.15, 0.2) is 84.9 Å². The average Bonchev–Trinajstić information content (AvgIpc) is 3.32. The first-order valence-electron chi connectivity index (χ1n) is 13.5. The van der Waals surface area contributed by atoms with Gasteiger partial charge in [0.15, 0.2) is 0 Å². The van der Waals surface area contributed by atoms with Crippen LogP contribution >= 0.6 is 11.3 Å². The molecule has 38 heavy (non-hydrogen) atoms.